The molecule has 18 heavy (non-hydrogen) atoms. The average Bonchev–Trinajstić information content (AvgIpc) is 3.14. The molecular formula is C14H17NO3. The molecule has 1 aliphatic carbocycles. The van der Waals surface area contributed by atoms with E-state index >= 15 is 0 Å². The van der Waals surface area contributed by atoms with Crippen LogP contribution in [0.4, 0.5) is 0 Å². The molecule has 4 nitrogen and oxygen atoms in total. The fraction of sp³-hybridized carbons (Fsp3) is 0.429. The number of benzene rings is 1. The van der Waals surface area contributed by atoms with E-state index in [2.05, 4.69) is 0 Å². The summed E-state index contributed by atoms with van der Waals surface area (Å²) in [7, 11) is 0. The molecule has 4 heteroatoms. The van der Waals surface area contributed by atoms with Crippen molar-refractivity contribution in [1.82, 2.24) is 4.90 Å². The highest BCUT2D eigenvalue weighted by atomic mass is 16.4. The molecule has 2 rings (SSSR count). The number of carbonyl (C=O) groups is 2. The van der Waals surface area contributed by atoms with E-state index in [4.69, 9.17) is 5.11 Å². The maximum absolute atomic E-state index is 12.1. The molecule has 0 radical (unpaired) electrons. The number of carboxylic acid groups (broad SMARTS) is 1. The molecular weight excluding hydrogens is 230 g/mol. The quantitative estimate of drug-likeness (QED) is 0.832. The Morgan fingerprint density at radius 2 is 1.89 bits per heavy atom. The Morgan fingerprint density at radius 3 is 2.44 bits per heavy atom. The van der Waals surface area contributed by atoms with Gasteiger partial charge in [-0.3, -0.25) is 9.59 Å². The Labute approximate surface area is 106 Å². The predicted octanol–water partition coefficient (Wildman–Crippen LogP) is 1.69. The lowest BCUT2D eigenvalue weighted by Crippen LogP contribution is -2.36. The second kappa shape index (κ2) is 5.67. The van der Waals surface area contributed by atoms with Crippen LogP contribution in [-0.4, -0.2) is 34.5 Å². The van der Waals surface area contributed by atoms with Crippen LogP contribution in [0.3, 0.4) is 0 Å². The lowest BCUT2D eigenvalue weighted by atomic mass is 10.1. The zero-order valence-corrected chi connectivity index (χ0v) is 10.2. The highest BCUT2D eigenvalue weighted by Crippen LogP contribution is 2.27. The largest absolute Gasteiger partial charge is 0.481 e. The first-order valence-electron chi connectivity index (χ1n) is 6.22. The van der Waals surface area contributed by atoms with Crippen LogP contribution in [0.15, 0.2) is 30.3 Å². The summed E-state index contributed by atoms with van der Waals surface area (Å²) >= 11 is 0. The molecule has 1 fully saturated rings. The van der Waals surface area contributed by atoms with Crippen LogP contribution >= 0.6 is 0 Å². The second-order valence-electron chi connectivity index (χ2n) is 4.62. The standard InChI is InChI=1S/C14H17NO3/c16-13(10-11-4-2-1-3-5-11)15(12-6-7-12)9-8-14(17)18/h1-5,12H,6-10H2,(H,17,18). The topological polar surface area (TPSA) is 57.6 Å². The zero-order valence-electron chi connectivity index (χ0n) is 10.2. The Hall–Kier alpha value is -1.84. The van der Waals surface area contributed by atoms with Gasteiger partial charge in [0.25, 0.3) is 0 Å². The van der Waals surface area contributed by atoms with Crippen molar-refractivity contribution in [3.05, 3.63) is 35.9 Å². The molecule has 1 saturated carbocycles. The number of amides is 1. The van der Waals surface area contributed by atoms with E-state index in [1.54, 1.807) is 4.90 Å². The molecule has 0 spiro atoms. The van der Waals surface area contributed by atoms with Crippen molar-refractivity contribution in [3.8, 4) is 0 Å². The van der Waals surface area contributed by atoms with Crippen LogP contribution in [0.1, 0.15) is 24.8 Å². The number of carboxylic acids is 1. The fourth-order valence-electron chi connectivity index (χ4n) is 1.99. The van der Waals surface area contributed by atoms with Gasteiger partial charge in [0.05, 0.1) is 12.8 Å². The molecule has 1 aromatic carbocycles. The molecule has 0 aromatic heterocycles. The third-order valence-electron chi connectivity index (χ3n) is 3.07. The van der Waals surface area contributed by atoms with Crippen LogP contribution in [-0.2, 0) is 16.0 Å². The maximum atomic E-state index is 12.1. The second-order valence-corrected chi connectivity index (χ2v) is 4.62. The number of carbonyl (C=O) groups excluding carboxylic acids is 1. The smallest absolute Gasteiger partial charge is 0.305 e. The van der Waals surface area contributed by atoms with Gasteiger partial charge in [0, 0.05) is 12.6 Å². The number of rotatable bonds is 6. The number of aliphatic carboxylic acids is 1. The summed E-state index contributed by atoms with van der Waals surface area (Å²) < 4.78 is 0. The Kier molecular flexibility index (Phi) is 3.97. The summed E-state index contributed by atoms with van der Waals surface area (Å²) in [6.45, 7) is 0.325. The first-order chi connectivity index (χ1) is 8.66. The number of hydrogen-bond acceptors (Lipinski definition) is 2. The van der Waals surface area contributed by atoms with Crippen molar-refractivity contribution in [3.63, 3.8) is 0 Å². The normalized spacial score (nSPS) is 14.2. The molecule has 96 valence electrons. The van der Waals surface area contributed by atoms with E-state index in [9.17, 15) is 9.59 Å². The predicted molar refractivity (Wildman–Crippen MR) is 67.1 cm³/mol. The van der Waals surface area contributed by atoms with Crippen LogP contribution < -0.4 is 0 Å². The molecule has 1 aromatic rings. The van der Waals surface area contributed by atoms with Crippen molar-refractivity contribution in [1.29, 1.82) is 0 Å². The van der Waals surface area contributed by atoms with Crippen molar-refractivity contribution >= 4 is 11.9 Å². The van der Waals surface area contributed by atoms with E-state index < -0.39 is 5.97 Å². The molecule has 0 aliphatic heterocycles. The molecule has 0 saturated heterocycles. The molecule has 0 atom stereocenters. The van der Waals surface area contributed by atoms with E-state index in [0.29, 0.717) is 13.0 Å². The van der Waals surface area contributed by atoms with Gasteiger partial charge in [-0.15, -0.1) is 0 Å². The molecule has 0 bridgehead atoms. The summed E-state index contributed by atoms with van der Waals surface area (Å²) in [5.74, 6) is -0.821. The third-order valence-corrected chi connectivity index (χ3v) is 3.07. The lowest BCUT2D eigenvalue weighted by molar-refractivity contribution is -0.138. The Morgan fingerprint density at radius 1 is 1.22 bits per heavy atom. The van der Waals surface area contributed by atoms with Gasteiger partial charge in [-0.2, -0.15) is 0 Å². The molecule has 1 amide bonds. The average molecular weight is 247 g/mol. The summed E-state index contributed by atoms with van der Waals surface area (Å²) in [5.41, 5.74) is 0.975. The SMILES string of the molecule is O=C(O)CCN(C(=O)Cc1ccccc1)C1CC1. The molecule has 1 N–H and O–H groups in total. The zero-order chi connectivity index (χ0) is 13.0. The Balaban J connectivity index is 1.93. The van der Waals surface area contributed by atoms with E-state index in [1.807, 2.05) is 30.3 Å². The summed E-state index contributed by atoms with van der Waals surface area (Å²) in [5, 5.41) is 8.70. The minimum absolute atomic E-state index is 0.0248. The summed E-state index contributed by atoms with van der Waals surface area (Å²) in [6, 6.07) is 9.82. The van der Waals surface area contributed by atoms with Gasteiger partial charge >= 0.3 is 5.97 Å². The van der Waals surface area contributed by atoms with E-state index in [0.717, 1.165) is 18.4 Å². The van der Waals surface area contributed by atoms with Gasteiger partial charge in [-0.25, -0.2) is 0 Å². The van der Waals surface area contributed by atoms with Crippen LogP contribution in [0, 0.1) is 0 Å². The van der Waals surface area contributed by atoms with Crippen LogP contribution in [0.2, 0.25) is 0 Å². The van der Waals surface area contributed by atoms with Gasteiger partial charge in [-0.1, -0.05) is 30.3 Å². The van der Waals surface area contributed by atoms with Gasteiger partial charge in [-0.05, 0) is 18.4 Å². The van der Waals surface area contributed by atoms with Crippen LogP contribution in [0.25, 0.3) is 0 Å². The number of nitrogens with zero attached hydrogens (tertiary/aromatic N) is 1. The van der Waals surface area contributed by atoms with Crippen molar-refractivity contribution in [2.75, 3.05) is 6.54 Å². The monoisotopic (exact) mass is 247 g/mol. The first-order valence-corrected chi connectivity index (χ1v) is 6.22. The van der Waals surface area contributed by atoms with Gasteiger partial charge in [0.15, 0.2) is 0 Å². The lowest BCUT2D eigenvalue weighted by Gasteiger charge is -2.21. The highest BCUT2D eigenvalue weighted by molar-refractivity contribution is 5.80. The molecule has 0 heterocycles. The minimum atomic E-state index is -0.854. The number of hydrogen-bond donors (Lipinski definition) is 1. The van der Waals surface area contributed by atoms with E-state index in [-0.39, 0.29) is 18.4 Å². The molecule has 0 unspecified atom stereocenters. The third kappa shape index (κ3) is 3.58. The van der Waals surface area contributed by atoms with Crippen molar-refractivity contribution in [2.24, 2.45) is 0 Å². The Bertz CT molecular complexity index is 426. The van der Waals surface area contributed by atoms with Gasteiger partial charge in [0.2, 0.25) is 5.91 Å². The maximum Gasteiger partial charge on any atom is 0.305 e. The van der Waals surface area contributed by atoms with Crippen molar-refractivity contribution < 1.29 is 14.7 Å². The molecule has 1 aliphatic rings. The minimum Gasteiger partial charge on any atom is -0.481 e. The van der Waals surface area contributed by atoms with Crippen molar-refractivity contribution in [2.45, 2.75) is 31.7 Å². The van der Waals surface area contributed by atoms with Gasteiger partial charge < -0.3 is 10.0 Å². The first kappa shape index (κ1) is 12.6. The van der Waals surface area contributed by atoms with E-state index in [1.165, 1.54) is 0 Å². The highest BCUT2D eigenvalue weighted by Gasteiger charge is 2.32. The summed E-state index contributed by atoms with van der Waals surface area (Å²) in [4.78, 5) is 24.5. The van der Waals surface area contributed by atoms with Gasteiger partial charge in [0.1, 0.15) is 0 Å². The fourth-order valence-corrected chi connectivity index (χ4v) is 1.99. The van der Waals surface area contributed by atoms with Crippen LogP contribution in [0.5, 0.6) is 0 Å². The summed E-state index contributed by atoms with van der Waals surface area (Å²) in [6.07, 6.45) is 2.38.